The van der Waals surface area contributed by atoms with Crippen LogP contribution >= 0.6 is 0 Å². The maximum Gasteiger partial charge on any atom is 0.328 e. The number of carboxylic acids is 1. The molecule has 9 heteroatoms. The molecular weight excluding hydrogens is 491 g/mol. The Labute approximate surface area is 221 Å². The number of fused-ring (bicyclic) bond motifs is 5. The highest BCUT2D eigenvalue weighted by Crippen LogP contribution is 2.60. The smallest absolute Gasteiger partial charge is 0.328 e. The van der Waals surface area contributed by atoms with Crippen molar-refractivity contribution in [1.82, 2.24) is 9.55 Å². The number of aromatic amines is 1. The van der Waals surface area contributed by atoms with Gasteiger partial charge >= 0.3 is 17.6 Å². The number of ether oxygens (including phenoxy) is 1. The summed E-state index contributed by atoms with van der Waals surface area (Å²) in [5, 5.41) is 8.37. The van der Waals surface area contributed by atoms with Crippen molar-refractivity contribution < 1.29 is 23.8 Å². The zero-order valence-corrected chi connectivity index (χ0v) is 22.1. The maximum absolute atomic E-state index is 12.8. The molecule has 1 aromatic heterocycles. The van der Waals surface area contributed by atoms with Crippen LogP contribution in [0.3, 0.4) is 0 Å². The van der Waals surface area contributed by atoms with Crippen LogP contribution in [-0.4, -0.2) is 26.6 Å². The number of unbranched alkanes of at least 4 members (excludes halogenated alkanes) is 1. The van der Waals surface area contributed by atoms with Crippen LogP contribution in [0, 0.1) is 23.1 Å². The van der Waals surface area contributed by atoms with Gasteiger partial charge in [-0.25, -0.2) is 4.79 Å². The molecule has 0 unspecified atom stereocenters. The second-order valence-electron chi connectivity index (χ2n) is 11.2. The molecule has 2 saturated carbocycles. The quantitative estimate of drug-likeness (QED) is 0.316. The SMILES string of the molecule is CC(=O)Oc1ccc2c(c1)CC[C@@H]1[C@@H]2CC[C@]2(C)CCC[C@@H]12.O=C(O)CCCCn1cc(F)c(=O)[nH]c1=O. The lowest BCUT2D eigenvalue weighted by atomic mass is 9.56. The Morgan fingerprint density at radius 1 is 1.18 bits per heavy atom. The van der Waals surface area contributed by atoms with Crippen molar-refractivity contribution in [2.24, 2.45) is 17.3 Å². The molecule has 8 nitrogen and oxygen atoms in total. The molecule has 0 bridgehead atoms. The molecule has 3 aliphatic rings. The molecule has 1 aromatic carbocycles. The van der Waals surface area contributed by atoms with Crippen LogP contribution in [0.4, 0.5) is 4.39 Å². The van der Waals surface area contributed by atoms with Crippen LogP contribution in [0.15, 0.2) is 34.0 Å². The number of aromatic nitrogens is 2. The first-order chi connectivity index (χ1) is 18.1. The third kappa shape index (κ3) is 6.25. The average molecular weight is 529 g/mol. The van der Waals surface area contributed by atoms with Crippen LogP contribution in [0.1, 0.15) is 88.7 Å². The number of aryl methyl sites for hydroxylation is 2. The van der Waals surface area contributed by atoms with Crippen molar-refractivity contribution in [3.8, 4) is 5.75 Å². The van der Waals surface area contributed by atoms with Gasteiger partial charge in [-0.3, -0.25) is 23.9 Å². The van der Waals surface area contributed by atoms with Gasteiger partial charge in [0.2, 0.25) is 5.82 Å². The molecule has 0 radical (unpaired) electrons. The zero-order chi connectivity index (χ0) is 27.4. The number of hydrogen-bond acceptors (Lipinski definition) is 5. The van der Waals surface area contributed by atoms with Crippen LogP contribution in [0.5, 0.6) is 5.75 Å². The Kier molecular flexibility index (Phi) is 8.53. The Morgan fingerprint density at radius 3 is 2.71 bits per heavy atom. The standard InChI is InChI=1S/C20H26O2.C9H11FN2O4/c1-13(21)22-15-6-8-16-14(12-15)5-7-18-17(16)9-11-20(2)10-3-4-19(18)20;10-6-5-12(9(16)11-8(6)15)4-2-1-3-7(13)14/h6,8,12,17-19H,3-5,7,9-11H2,1-2H3;5H,1-4H2,(H,13,14)(H,11,15,16)/t17-,18-,19+,20+;/m1./s1. The van der Waals surface area contributed by atoms with Gasteiger partial charge in [0.1, 0.15) is 5.75 Å². The highest BCUT2D eigenvalue weighted by molar-refractivity contribution is 5.69. The predicted molar refractivity (Wildman–Crippen MR) is 140 cm³/mol. The van der Waals surface area contributed by atoms with Gasteiger partial charge in [-0.2, -0.15) is 4.39 Å². The minimum absolute atomic E-state index is 0.000581. The van der Waals surface area contributed by atoms with Crippen molar-refractivity contribution in [1.29, 1.82) is 0 Å². The fourth-order valence-corrected chi connectivity index (χ4v) is 6.99. The van der Waals surface area contributed by atoms with E-state index in [-0.39, 0.29) is 18.9 Å². The lowest BCUT2D eigenvalue weighted by Gasteiger charge is -2.49. The summed E-state index contributed by atoms with van der Waals surface area (Å²) in [7, 11) is 0. The van der Waals surface area contributed by atoms with Crippen LogP contribution in [-0.2, 0) is 22.6 Å². The molecule has 5 rings (SSSR count). The van der Waals surface area contributed by atoms with E-state index >= 15 is 0 Å². The van der Waals surface area contributed by atoms with Gasteiger partial charge in [0.05, 0.1) is 6.20 Å². The molecule has 0 aliphatic heterocycles. The Morgan fingerprint density at radius 2 is 1.97 bits per heavy atom. The molecule has 4 atom stereocenters. The summed E-state index contributed by atoms with van der Waals surface area (Å²) >= 11 is 0. The van der Waals surface area contributed by atoms with E-state index in [2.05, 4.69) is 19.1 Å². The number of benzene rings is 1. The van der Waals surface area contributed by atoms with E-state index in [4.69, 9.17) is 9.84 Å². The van der Waals surface area contributed by atoms with E-state index in [9.17, 15) is 23.6 Å². The molecule has 2 N–H and O–H groups in total. The number of nitrogens with zero attached hydrogens (tertiary/aromatic N) is 1. The van der Waals surface area contributed by atoms with Gasteiger partial charge in [-0.05, 0) is 97.8 Å². The highest BCUT2D eigenvalue weighted by atomic mass is 19.1. The number of rotatable bonds is 6. The Hall–Kier alpha value is -3.23. The minimum Gasteiger partial charge on any atom is -0.481 e. The third-order valence-corrected chi connectivity index (χ3v) is 8.75. The molecule has 2 aromatic rings. The summed E-state index contributed by atoms with van der Waals surface area (Å²) in [5.74, 6) is 1.10. The van der Waals surface area contributed by atoms with E-state index < -0.39 is 23.0 Å². The van der Waals surface area contributed by atoms with Gasteiger partial charge in [0.15, 0.2) is 0 Å². The van der Waals surface area contributed by atoms with E-state index in [0.717, 1.165) is 34.9 Å². The summed E-state index contributed by atoms with van der Waals surface area (Å²) in [6.45, 7) is 4.19. The molecular formula is C29H37FN2O6. The van der Waals surface area contributed by atoms with E-state index in [1.807, 2.05) is 11.1 Å². The molecule has 0 amide bonds. The van der Waals surface area contributed by atoms with Crippen molar-refractivity contribution in [3.63, 3.8) is 0 Å². The molecule has 0 spiro atoms. The van der Waals surface area contributed by atoms with Gasteiger partial charge in [0, 0.05) is 19.9 Å². The summed E-state index contributed by atoms with van der Waals surface area (Å²) in [6.07, 6.45) is 11.2. The van der Waals surface area contributed by atoms with Crippen molar-refractivity contribution in [2.75, 3.05) is 0 Å². The predicted octanol–water partition coefficient (Wildman–Crippen LogP) is 4.79. The van der Waals surface area contributed by atoms with Crippen molar-refractivity contribution >= 4 is 11.9 Å². The summed E-state index contributed by atoms with van der Waals surface area (Å²) in [6, 6.07) is 6.34. The number of carbonyl (C=O) groups excluding carboxylic acids is 1. The molecule has 3 aliphatic carbocycles. The normalized spacial score (nSPS) is 25.3. The molecule has 38 heavy (non-hydrogen) atoms. The Bertz CT molecular complexity index is 1300. The number of aliphatic carboxylic acids is 1. The zero-order valence-electron chi connectivity index (χ0n) is 22.1. The van der Waals surface area contributed by atoms with Crippen LogP contribution < -0.4 is 16.0 Å². The largest absolute Gasteiger partial charge is 0.481 e. The first kappa shape index (κ1) is 27.8. The number of halogens is 1. The molecule has 206 valence electrons. The number of hydrogen-bond donors (Lipinski definition) is 2. The maximum atomic E-state index is 12.8. The van der Waals surface area contributed by atoms with Gasteiger partial charge < -0.3 is 9.84 Å². The lowest BCUT2D eigenvalue weighted by molar-refractivity contribution is -0.137. The fourth-order valence-electron chi connectivity index (χ4n) is 6.99. The fraction of sp³-hybridized carbons (Fsp3) is 0.586. The van der Waals surface area contributed by atoms with Crippen molar-refractivity contribution in [3.05, 3.63) is 62.2 Å². The third-order valence-electron chi connectivity index (χ3n) is 8.75. The van der Waals surface area contributed by atoms with Crippen LogP contribution in [0.25, 0.3) is 0 Å². The molecule has 0 saturated heterocycles. The van der Waals surface area contributed by atoms with Gasteiger partial charge in [-0.15, -0.1) is 0 Å². The van der Waals surface area contributed by atoms with E-state index in [0.29, 0.717) is 24.0 Å². The van der Waals surface area contributed by atoms with Crippen molar-refractivity contribution in [2.45, 2.75) is 90.5 Å². The molecule has 1 heterocycles. The first-order valence-corrected chi connectivity index (χ1v) is 13.6. The van der Waals surface area contributed by atoms with Gasteiger partial charge in [0.25, 0.3) is 5.56 Å². The second kappa shape index (κ2) is 11.7. The minimum atomic E-state index is -1.05. The number of nitrogens with one attached hydrogen (secondary N) is 1. The number of esters is 1. The van der Waals surface area contributed by atoms with E-state index in [1.165, 1.54) is 51.0 Å². The average Bonchev–Trinajstić information content (AvgIpc) is 3.26. The molecule has 2 fully saturated rings. The topological polar surface area (TPSA) is 118 Å². The number of carboxylic acid groups (broad SMARTS) is 1. The summed E-state index contributed by atoms with van der Waals surface area (Å²) < 4.78 is 19.1. The number of H-pyrrole nitrogens is 1. The monoisotopic (exact) mass is 528 g/mol. The van der Waals surface area contributed by atoms with Crippen LogP contribution in [0.2, 0.25) is 0 Å². The summed E-state index contributed by atoms with van der Waals surface area (Å²) in [5.41, 5.74) is 1.84. The second-order valence-corrected chi connectivity index (χ2v) is 11.2. The van der Waals surface area contributed by atoms with Gasteiger partial charge in [-0.1, -0.05) is 19.4 Å². The highest BCUT2D eigenvalue weighted by Gasteiger charge is 2.50. The number of carbonyl (C=O) groups is 2. The summed E-state index contributed by atoms with van der Waals surface area (Å²) in [4.78, 5) is 45.0. The van der Waals surface area contributed by atoms with E-state index in [1.54, 1.807) is 5.56 Å². The first-order valence-electron chi connectivity index (χ1n) is 13.6. The Balaban J connectivity index is 0.000000188. The lowest BCUT2D eigenvalue weighted by Crippen LogP contribution is -2.39.